The van der Waals surface area contributed by atoms with Crippen LogP contribution in [0.4, 0.5) is 0 Å². The van der Waals surface area contributed by atoms with E-state index in [1.54, 1.807) is 0 Å². The highest BCUT2D eigenvalue weighted by atomic mass is 16.2. The summed E-state index contributed by atoms with van der Waals surface area (Å²) in [6, 6.07) is 0.225. The van der Waals surface area contributed by atoms with Crippen molar-refractivity contribution in [2.24, 2.45) is 11.7 Å². The van der Waals surface area contributed by atoms with E-state index in [9.17, 15) is 4.79 Å². The number of nitrogens with two attached hydrogens (primary N) is 1. The van der Waals surface area contributed by atoms with E-state index in [1.807, 2.05) is 11.9 Å². The minimum Gasteiger partial charge on any atom is -0.344 e. The number of likely N-dealkylation sites (N-methyl/N-ethyl adjacent to an activating group) is 2. The minimum absolute atomic E-state index is 0.160. The zero-order valence-electron chi connectivity index (χ0n) is 12.7. The molecule has 4 nitrogen and oxygen atoms in total. The standard InChI is InChI=1S/C15H29N3O/c1-17(2)15(8-5-9-15)11-18(3)14(19)12-6-4-7-13(16)10-12/h12-13H,4-11,16H2,1-3H3. The molecule has 2 aliphatic rings. The summed E-state index contributed by atoms with van der Waals surface area (Å²) in [4.78, 5) is 16.8. The lowest BCUT2D eigenvalue weighted by molar-refractivity contribution is -0.138. The molecule has 2 rings (SSSR count). The van der Waals surface area contributed by atoms with Gasteiger partial charge in [0.05, 0.1) is 0 Å². The Morgan fingerprint density at radius 1 is 1.21 bits per heavy atom. The average molecular weight is 267 g/mol. The molecule has 2 unspecified atom stereocenters. The highest BCUT2D eigenvalue weighted by Gasteiger charge is 2.41. The van der Waals surface area contributed by atoms with Crippen molar-refractivity contribution < 1.29 is 4.79 Å². The summed E-state index contributed by atoms with van der Waals surface area (Å²) in [6.45, 7) is 0.866. The predicted molar refractivity (Wildman–Crippen MR) is 77.8 cm³/mol. The lowest BCUT2D eigenvalue weighted by Gasteiger charge is -2.49. The lowest BCUT2D eigenvalue weighted by atomic mass is 9.75. The molecule has 0 radical (unpaired) electrons. The van der Waals surface area contributed by atoms with Gasteiger partial charge in [0.1, 0.15) is 0 Å². The largest absolute Gasteiger partial charge is 0.344 e. The first kappa shape index (κ1) is 14.8. The Hall–Kier alpha value is -0.610. The van der Waals surface area contributed by atoms with Gasteiger partial charge in [-0.1, -0.05) is 6.42 Å². The monoisotopic (exact) mass is 267 g/mol. The van der Waals surface area contributed by atoms with Gasteiger partial charge in [0.25, 0.3) is 0 Å². The first-order chi connectivity index (χ1) is 8.94. The van der Waals surface area contributed by atoms with E-state index in [-0.39, 0.29) is 17.5 Å². The summed E-state index contributed by atoms with van der Waals surface area (Å²) >= 11 is 0. The van der Waals surface area contributed by atoms with Crippen LogP contribution in [0.1, 0.15) is 44.9 Å². The molecular weight excluding hydrogens is 238 g/mol. The number of amides is 1. The van der Waals surface area contributed by atoms with Crippen LogP contribution >= 0.6 is 0 Å². The van der Waals surface area contributed by atoms with Crippen molar-refractivity contribution in [1.29, 1.82) is 0 Å². The number of carbonyl (C=O) groups is 1. The fraction of sp³-hybridized carbons (Fsp3) is 0.933. The second kappa shape index (κ2) is 5.80. The fourth-order valence-corrected chi connectivity index (χ4v) is 3.61. The smallest absolute Gasteiger partial charge is 0.225 e. The van der Waals surface area contributed by atoms with Crippen LogP contribution < -0.4 is 5.73 Å². The third kappa shape index (κ3) is 3.11. The van der Waals surface area contributed by atoms with Gasteiger partial charge in [-0.3, -0.25) is 4.79 Å². The van der Waals surface area contributed by atoms with Crippen molar-refractivity contribution in [3.8, 4) is 0 Å². The fourth-order valence-electron chi connectivity index (χ4n) is 3.61. The SMILES string of the molecule is CN(CC1(N(C)C)CCC1)C(=O)C1CCCC(N)C1. The molecule has 2 fully saturated rings. The second-order valence-electron chi connectivity index (χ2n) is 6.79. The van der Waals surface area contributed by atoms with E-state index < -0.39 is 0 Å². The van der Waals surface area contributed by atoms with E-state index in [1.165, 1.54) is 19.3 Å². The number of carbonyl (C=O) groups excluding carboxylic acids is 1. The molecule has 0 heterocycles. The van der Waals surface area contributed by atoms with Gasteiger partial charge in [0, 0.05) is 31.1 Å². The Bertz CT molecular complexity index is 325. The molecule has 110 valence electrons. The third-order valence-electron chi connectivity index (χ3n) is 5.20. The van der Waals surface area contributed by atoms with Crippen LogP contribution in [0.25, 0.3) is 0 Å². The maximum atomic E-state index is 12.5. The Morgan fingerprint density at radius 3 is 2.37 bits per heavy atom. The molecule has 2 atom stereocenters. The molecule has 0 aromatic heterocycles. The van der Waals surface area contributed by atoms with E-state index in [0.29, 0.717) is 5.91 Å². The maximum Gasteiger partial charge on any atom is 0.225 e. The van der Waals surface area contributed by atoms with Crippen molar-refractivity contribution in [2.45, 2.75) is 56.5 Å². The number of hydrogen-bond donors (Lipinski definition) is 1. The molecule has 2 saturated carbocycles. The molecule has 2 N–H and O–H groups in total. The van der Waals surface area contributed by atoms with Crippen molar-refractivity contribution >= 4 is 5.91 Å². The predicted octanol–water partition coefficient (Wildman–Crippen LogP) is 1.45. The summed E-state index contributed by atoms with van der Waals surface area (Å²) in [5, 5.41) is 0. The van der Waals surface area contributed by atoms with E-state index in [2.05, 4.69) is 19.0 Å². The third-order valence-corrected chi connectivity index (χ3v) is 5.20. The van der Waals surface area contributed by atoms with E-state index in [0.717, 1.165) is 32.2 Å². The molecule has 0 aromatic rings. The van der Waals surface area contributed by atoms with Crippen LogP contribution in [0.15, 0.2) is 0 Å². The molecular formula is C15H29N3O. The van der Waals surface area contributed by atoms with Crippen molar-refractivity contribution in [3.63, 3.8) is 0 Å². The van der Waals surface area contributed by atoms with Gasteiger partial charge in [0.15, 0.2) is 0 Å². The Kier molecular flexibility index (Phi) is 4.51. The highest BCUT2D eigenvalue weighted by Crippen LogP contribution is 2.37. The summed E-state index contributed by atoms with van der Waals surface area (Å²) in [5.74, 6) is 0.469. The molecule has 0 spiro atoms. The van der Waals surface area contributed by atoms with Crippen molar-refractivity contribution in [3.05, 3.63) is 0 Å². The summed E-state index contributed by atoms with van der Waals surface area (Å²) in [6.07, 6.45) is 7.78. The number of hydrogen-bond acceptors (Lipinski definition) is 3. The zero-order chi connectivity index (χ0) is 14.0. The van der Waals surface area contributed by atoms with Crippen molar-refractivity contribution in [2.75, 3.05) is 27.7 Å². The van der Waals surface area contributed by atoms with Crippen LogP contribution in [-0.2, 0) is 4.79 Å². The molecule has 19 heavy (non-hydrogen) atoms. The van der Waals surface area contributed by atoms with Gasteiger partial charge < -0.3 is 15.5 Å². The molecule has 2 aliphatic carbocycles. The Labute approximate surface area is 117 Å². The van der Waals surface area contributed by atoms with Crippen LogP contribution in [0.3, 0.4) is 0 Å². The minimum atomic E-state index is 0.160. The maximum absolute atomic E-state index is 12.5. The Balaban J connectivity index is 1.91. The first-order valence-corrected chi connectivity index (χ1v) is 7.62. The van der Waals surface area contributed by atoms with Crippen LogP contribution in [0.2, 0.25) is 0 Å². The van der Waals surface area contributed by atoms with Gasteiger partial charge >= 0.3 is 0 Å². The number of rotatable bonds is 4. The molecule has 4 heteroatoms. The molecule has 1 amide bonds. The highest BCUT2D eigenvalue weighted by molar-refractivity contribution is 5.78. The summed E-state index contributed by atoms with van der Waals surface area (Å²) < 4.78 is 0. The van der Waals surface area contributed by atoms with Gasteiger partial charge in [-0.2, -0.15) is 0 Å². The zero-order valence-corrected chi connectivity index (χ0v) is 12.7. The second-order valence-corrected chi connectivity index (χ2v) is 6.79. The quantitative estimate of drug-likeness (QED) is 0.838. The van der Waals surface area contributed by atoms with E-state index in [4.69, 9.17) is 5.73 Å². The van der Waals surface area contributed by atoms with Gasteiger partial charge in [-0.25, -0.2) is 0 Å². The summed E-state index contributed by atoms with van der Waals surface area (Å²) in [7, 11) is 6.23. The van der Waals surface area contributed by atoms with Gasteiger partial charge in [-0.15, -0.1) is 0 Å². The Morgan fingerprint density at radius 2 is 1.89 bits per heavy atom. The van der Waals surface area contributed by atoms with Crippen LogP contribution in [0, 0.1) is 5.92 Å². The topological polar surface area (TPSA) is 49.6 Å². The number of nitrogens with zero attached hydrogens (tertiary/aromatic N) is 2. The van der Waals surface area contributed by atoms with Gasteiger partial charge in [-0.05, 0) is 52.6 Å². The van der Waals surface area contributed by atoms with Crippen LogP contribution in [0.5, 0.6) is 0 Å². The average Bonchev–Trinajstić information content (AvgIpc) is 2.32. The molecule has 0 saturated heterocycles. The lowest BCUT2D eigenvalue weighted by Crippen LogP contribution is -2.58. The molecule has 0 aliphatic heterocycles. The first-order valence-electron chi connectivity index (χ1n) is 7.62. The normalized spacial score (nSPS) is 29.9. The van der Waals surface area contributed by atoms with E-state index >= 15 is 0 Å². The van der Waals surface area contributed by atoms with Gasteiger partial charge in [0.2, 0.25) is 5.91 Å². The van der Waals surface area contributed by atoms with Crippen molar-refractivity contribution in [1.82, 2.24) is 9.80 Å². The summed E-state index contributed by atoms with van der Waals surface area (Å²) in [5.41, 5.74) is 6.22. The molecule has 0 bridgehead atoms. The van der Waals surface area contributed by atoms with Crippen LogP contribution in [-0.4, -0.2) is 55.0 Å². The molecule has 0 aromatic carbocycles.